The summed E-state index contributed by atoms with van der Waals surface area (Å²) in [5.74, 6) is -0.213. The molecule has 0 radical (unpaired) electrons. The molecule has 1 fully saturated rings. The molecule has 1 amide bonds. The molecule has 1 saturated carbocycles. The molecule has 6 heteroatoms. The summed E-state index contributed by atoms with van der Waals surface area (Å²) < 4.78 is 5.31. The van der Waals surface area contributed by atoms with Crippen LogP contribution in [-0.2, 0) is 14.3 Å². The fourth-order valence-electron chi connectivity index (χ4n) is 3.17. The smallest absolute Gasteiger partial charge is 0.340 e. The summed E-state index contributed by atoms with van der Waals surface area (Å²) in [6, 6.07) is 7.85. The first-order chi connectivity index (χ1) is 12.6. The third-order valence-electron chi connectivity index (χ3n) is 4.63. The average Bonchev–Trinajstić information content (AvgIpc) is 3.33. The molecule has 2 heterocycles. The predicted molar refractivity (Wildman–Crippen MR) is 107 cm³/mol. The molecule has 0 aliphatic heterocycles. The maximum Gasteiger partial charge on any atom is 0.340 e. The molecule has 1 N–H and O–H groups in total. The van der Waals surface area contributed by atoms with Crippen LogP contribution in [0.15, 0.2) is 35.0 Å². The van der Waals surface area contributed by atoms with Gasteiger partial charge in [-0.1, -0.05) is 31.9 Å². The first-order valence-electron chi connectivity index (χ1n) is 8.89. The second kappa shape index (κ2) is 9.14. The van der Waals surface area contributed by atoms with Gasteiger partial charge in [0.2, 0.25) is 0 Å². The molecule has 2 atom stereocenters. The Kier molecular flexibility index (Phi) is 6.63. The highest BCUT2D eigenvalue weighted by Crippen LogP contribution is 2.26. The molecule has 1 aliphatic rings. The first-order valence-corrected chi connectivity index (χ1v) is 10.6. The highest BCUT2D eigenvalue weighted by atomic mass is 32.1. The second-order valence-electron chi connectivity index (χ2n) is 6.56. The zero-order valence-corrected chi connectivity index (χ0v) is 16.4. The second-order valence-corrected chi connectivity index (χ2v) is 8.49. The molecule has 0 bridgehead atoms. The third-order valence-corrected chi connectivity index (χ3v) is 6.35. The highest BCUT2D eigenvalue weighted by Gasteiger charge is 2.23. The van der Waals surface area contributed by atoms with Gasteiger partial charge in [0.05, 0.1) is 5.57 Å². The molecule has 0 spiro atoms. The lowest BCUT2D eigenvalue weighted by Gasteiger charge is -2.29. The Bertz CT molecular complexity index is 750. The van der Waals surface area contributed by atoms with E-state index in [2.05, 4.69) is 12.2 Å². The highest BCUT2D eigenvalue weighted by molar-refractivity contribution is 7.12. The number of nitrogens with one attached hydrogen (secondary N) is 1. The van der Waals surface area contributed by atoms with Gasteiger partial charge in [-0.05, 0) is 47.7 Å². The molecular weight excluding hydrogens is 366 g/mol. The Morgan fingerprint density at radius 3 is 2.65 bits per heavy atom. The van der Waals surface area contributed by atoms with Crippen LogP contribution in [0.25, 0.3) is 11.6 Å². The number of thiophene rings is 2. The summed E-state index contributed by atoms with van der Waals surface area (Å²) >= 11 is 3.03. The maximum atomic E-state index is 12.6. The lowest BCUT2D eigenvalue weighted by molar-refractivity contribution is -0.143. The zero-order chi connectivity index (χ0) is 18.4. The van der Waals surface area contributed by atoms with Crippen LogP contribution in [-0.4, -0.2) is 24.5 Å². The zero-order valence-electron chi connectivity index (χ0n) is 14.8. The van der Waals surface area contributed by atoms with Crippen LogP contribution in [0.2, 0.25) is 0 Å². The lowest BCUT2D eigenvalue weighted by atomic mass is 9.86. The quantitative estimate of drug-likeness (QED) is 0.581. The van der Waals surface area contributed by atoms with Gasteiger partial charge in [-0.15, -0.1) is 22.7 Å². The predicted octanol–water partition coefficient (Wildman–Crippen LogP) is 4.59. The minimum absolute atomic E-state index is 0.188. The molecule has 138 valence electrons. The Balaban J connectivity index is 1.60. The molecule has 3 rings (SSSR count). The van der Waals surface area contributed by atoms with E-state index in [0.717, 1.165) is 29.0 Å². The van der Waals surface area contributed by atoms with Crippen molar-refractivity contribution >= 4 is 46.2 Å². The molecular formula is C20H23NO3S2. The fraction of sp³-hybridized carbons (Fsp3) is 0.400. The van der Waals surface area contributed by atoms with Crippen molar-refractivity contribution in [1.82, 2.24) is 5.32 Å². The van der Waals surface area contributed by atoms with Crippen molar-refractivity contribution in [3.05, 3.63) is 44.8 Å². The number of carbonyl (C=O) groups is 2. The Labute approximate surface area is 161 Å². The van der Waals surface area contributed by atoms with E-state index in [9.17, 15) is 9.59 Å². The summed E-state index contributed by atoms with van der Waals surface area (Å²) in [7, 11) is 0. The van der Waals surface area contributed by atoms with Gasteiger partial charge in [0.15, 0.2) is 6.61 Å². The normalized spacial score (nSPS) is 20.6. The van der Waals surface area contributed by atoms with Crippen LogP contribution in [0.1, 0.15) is 42.4 Å². The van der Waals surface area contributed by atoms with Gasteiger partial charge >= 0.3 is 5.97 Å². The van der Waals surface area contributed by atoms with E-state index in [-0.39, 0.29) is 18.6 Å². The first kappa shape index (κ1) is 18.9. The van der Waals surface area contributed by atoms with Gasteiger partial charge in [0.25, 0.3) is 5.91 Å². The van der Waals surface area contributed by atoms with E-state index in [1.54, 1.807) is 11.3 Å². The number of rotatable bonds is 6. The topological polar surface area (TPSA) is 55.4 Å². The number of amides is 1. The van der Waals surface area contributed by atoms with Crippen LogP contribution in [0.4, 0.5) is 0 Å². The van der Waals surface area contributed by atoms with Crippen molar-refractivity contribution in [2.24, 2.45) is 5.92 Å². The van der Waals surface area contributed by atoms with Crippen LogP contribution in [0.3, 0.4) is 0 Å². The van der Waals surface area contributed by atoms with Crippen molar-refractivity contribution in [2.75, 3.05) is 6.61 Å². The number of carbonyl (C=O) groups excluding carboxylic acids is 2. The van der Waals surface area contributed by atoms with E-state index >= 15 is 0 Å². The van der Waals surface area contributed by atoms with E-state index in [0.29, 0.717) is 11.5 Å². The monoisotopic (exact) mass is 389 g/mol. The molecule has 0 saturated heterocycles. The minimum atomic E-state index is -0.465. The molecule has 0 aromatic carbocycles. The summed E-state index contributed by atoms with van der Waals surface area (Å²) in [6.45, 7) is 1.92. The average molecular weight is 390 g/mol. The molecule has 1 aliphatic carbocycles. The molecule has 0 unspecified atom stereocenters. The third kappa shape index (κ3) is 5.05. The summed E-state index contributed by atoms with van der Waals surface area (Å²) in [4.78, 5) is 26.6. The molecule has 2 aromatic heterocycles. The van der Waals surface area contributed by atoms with Crippen molar-refractivity contribution in [2.45, 2.75) is 38.6 Å². The van der Waals surface area contributed by atoms with Crippen molar-refractivity contribution < 1.29 is 14.3 Å². The van der Waals surface area contributed by atoms with Crippen molar-refractivity contribution in [3.63, 3.8) is 0 Å². The van der Waals surface area contributed by atoms with Gasteiger partial charge in [-0.3, -0.25) is 4.79 Å². The van der Waals surface area contributed by atoms with Crippen LogP contribution in [0.5, 0.6) is 0 Å². The maximum absolute atomic E-state index is 12.6. The largest absolute Gasteiger partial charge is 0.452 e. The summed E-state index contributed by atoms with van der Waals surface area (Å²) in [5.41, 5.74) is 0.487. The lowest BCUT2D eigenvalue weighted by Crippen LogP contribution is -2.42. The number of esters is 1. The SMILES string of the molecule is C[C@H]1CCCC[C@@H]1NC(=O)COC(=O)/C(=C/c1cccs1)c1cccs1. The van der Waals surface area contributed by atoms with E-state index in [1.165, 1.54) is 17.8 Å². The van der Waals surface area contributed by atoms with Crippen LogP contribution >= 0.6 is 22.7 Å². The van der Waals surface area contributed by atoms with Crippen molar-refractivity contribution in [1.29, 1.82) is 0 Å². The van der Waals surface area contributed by atoms with Crippen LogP contribution < -0.4 is 5.32 Å². The van der Waals surface area contributed by atoms with Gasteiger partial charge in [-0.25, -0.2) is 4.79 Å². The molecule has 26 heavy (non-hydrogen) atoms. The number of ether oxygens (including phenoxy) is 1. The van der Waals surface area contributed by atoms with Crippen molar-refractivity contribution in [3.8, 4) is 0 Å². The van der Waals surface area contributed by atoms with Gasteiger partial charge in [0, 0.05) is 15.8 Å². The van der Waals surface area contributed by atoms with Gasteiger partial charge < -0.3 is 10.1 Å². The fourth-order valence-corrected chi connectivity index (χ4v) is 4.55. The summed E-state index contributed by atoms with van der Waals surface area (Å²) in [6.07, 6.45) is 6.32. The number of hydrogen-bond acceptors (Lipinski definition) is 5. The Morgan fingerprint density at radius 1 is 1.19 bits per heavy atom. The van der Waals surface area contributed by atoms with Crippen LogP contribution in [0, 0.1) is 5.92 Å². The number of hydrogen-bond donors (Lipinski definition) is 1. The Hall–Kier alpha value is -1.92. The summed E-state index contributed by atoms with van der Waals surface area (Å²) in [5, 5.41) is 6.89. The van der Waals surface area contributed by atoms with E-state index in [1.807, 2.05) is 41.1 Å². The Morgan fingerprint density at radius 2 is 1.96 bits per heavy atom. The standard InChI is InChI=1S/C20H23NO3S2/c1-14-6-2-3-8-17(14)21-19(22)13-24-20(23)16(18-9-5-11-26-18)12-15-7-4-10-25-15/h4-5,7,9-12,14,17H,2-3,6,8,13H2,1H3,(H,21,22)/b16-12+/t14-,17-/m0/s1. The molecule has 2 aromatic rings. The molecule has 4 nitrogen and oxygen atoms in total. The van der Waals surface area contributed by atoms with E-state index in [4.69, 9.17) is 4.74 Å². The van der Waals surface area contributed by atoms with Gasteiger partial charge in [0.1, 0.15) is 0 Å². The van der Waals surface area contributed by atoms with E-state index < -0.39 is 5.97 Å². The van der Waals surface area contributed by atoms with Gasteiger partial charge in [-0.2, -0.15) is 0 Å². The minimum Gasteiger partial charge on any atom is -0.452 e.